The van der Waals surface area contributed by atoms with E-state index in [1.807, 2.05) is 6.92 Å². The Kier molecular flexibility index (Phi) is 5.16. The van der Waals surface area contributed by atoms with Gasteiger partial charge < -0.3 is 10.1 Å². The molecule has 0 spiro atoms. The molecule has 11 heteroatoms. The van der Waals surface area contributed by atoms with E-state index in [0.717, 1.165) is 6.07 Å². The molecule has 0 atom stereocenters. The second-order valence-electron chi connectivity index (χ2n) is 6.07. The van der Waals surface area contributed by atoms with Crippen LogP contribution in [0.4, 0.5) is 27.6 Å². The molecule has 3 aromatic rings. The van der Waals surface area contributed by atoms with Gasteiger partial charge in [-0.3, -0.25) is 4.79 Å². The second-order valence-corrected chi connectivity index (χ2v) is 6.07. The molecule has 1 N–H and O–H groups in total. The summed E-state index contributed by atoms with van der Waals surface area (Å²) in [5, 5.41) is 6.10. The molecule has 0 radical (unpaired) electrons. The van der Waals surface area contributed by atoms with Gasteiger partial charge >= 0.3 is 12.1 Å². The lowest BCUT2D eigenvalue weighted by Gasteiger charge is -2.20. The summed E-state index contributed by atoms with van der Waals surface area (Å²) < 4.78 is 71.9. The molecular weight excluding hydrogens is 399 g/mol. The predicted octanol–water partition coefficient (Wildman–Crippen LogP) is 4.34. The Hall–Kier alpha value is -3.24. The monoisotopic (exact) mass is 414 g/mol. The standard InChI is InChI=1S/C18H15F5N4O2/c1-3-29-12-6-4-11(5-7-12)25-16(28)13-9-15-24-10(2)8-14(27(15)26-13)17(19,20)18(21,22)23/h4-9H,3H2,1-2H3,(H,25,28). The van der Waals surface area contributed by atoms with Crippen molar-refractivity contribution < 1.29 is 31.5 Å². The van der Waals surface area contributed by atoms with Crippen molar-refractivity contribution in [2.24, 2.45) is 0 Å². The van der Waals surface area contributed by atoms with Gasteiger partial charge in [0.15, 0.2) is 11.3 Å². The summed E-state index contributed by atoms with van der Waals surface area (Å²) in [6.45, 7) is 3.54. The number of amides is 1. The molecule has 0 saturated carbocycles. The molecule has 1 aromatic carbocycles. The predicted molar refractivity (Wildman–Crippen MR) is 93.2 cm³/mol. The Morgan fingerprint density at radius 1 is 1.14 bits per heavy atom. The third kappa shape index (κ3) is 3.98. The van der Waals surface area contributed by atoms with E-state index >= 15 is 0 Å². The number of halogens is 5. The molecule has 0 aliphatic carbocycles. The number of hydrogen-bond acceptors (Lipinski definition) is 4. The molecular formula is C18H15F5N4O2. The normalized spacial score (nSPS) is 12.2. The Balaban J connectivity index is 1.95. The number of hydrogen-bond donors (Lipinski definition) is 1. The minimum absolute atomic E-state index is 0.0743. The number of benzene rings is 1. The van der Waals surface area contributed by atoms with Crippen LogP contribution in [0.5, 0.6) is 5.75 Å². The summed E-state index contributed by atoms with van der Waals surface area (Å²) in [6.07, 6.45) is -5.83. The van der Waals surface area contributed by atoms with Crippen LogP contribution in [0.15, 0.2) is 36.4 Å². The first-order valence-corrected chi connectivity index (χ1v) is 8.39. The Labute approximate surface area is 161 Å². The fourth-order valence-electron chi connectivity index (χ4n) is 2.58. The van der Waals surface area contributed by atoms with Gasteiger partial charge in [-0.1, -0.05) is 0 Å². The number of fused-ring (bicyclic) bond motifs is 1. The van der Waals surface area contributed by atoms with E-state index in [9.17, 15) is 26.7 Å². The number of carbonyl (C=O) groups excluding carboxylic acids is 1. The molecule has 2 heterocycles. The first kappa shape index (κ1) is 20.5. The Morgan fingerprint density at radius 3 is 2.38 bits per heavy atom. The van der Waals surface area contributed by atoms with E-state index in [1.165, 1.54) is 6.92 Å². The Morgan fingerprint density at radius 2 is 1.79 bits per heavy atom. The molecule has 0 unspecified atom stereocenters. The number of aromatic nitrogens is 3. The minimum Gasteiger partial charge on any atom is -0.494 e. The van der Waals surface area contributed by atoms with Crippen molar-refractivity contribution >= 4 is 17.2 Å². The fourth-order valence-corrected chi connectivity index (χ4v) is 2.58. The lowest BCUT2D eigenvalue weighted by molar-refractivity contribution is -0.291. The molecule has 0 bridgehead atoms. The van der Waals surface area contributed by atoms with Crippen molar-refractivity contribution in [2.45, 2.75) is 25.9 Å². The summed E-state index contributed by atoms with van der Waals surface area (Å²) in [6, 6.07) is 7.93. The smallest absolute Gasteiger partial charge is 0.459 e. The van der Waals surface area contributed by atoms with Crippen LogP contribution in [0.1, 0.15) is 28.8 Å². The summed E-state index contributed by atoms with van der Waals surface area (Å²) in [4.78, 5) is 16.3. The van der Waals surface area contributed by atoms with Gasteiger partial charge in [0.1, 0.15) is 11.4 Å². The molecule has 6 nitrogen and oxygen atoms in total. The largest absolute Gasteiger partial charge is 0.494 e. The molecule has 154 valence electrons. The third-order valence-electron chi connectivity index (χ3n) is 3.89. The van der Waals surface area contributed by atoms with Gasteiger partial charge in [-0.05, 0) is 44.2 Å². The molecule has 0 fully saturated rings. The van der Waals surface area contributed by atoms with Gasteiger partial charge in [0, 0.05) is 17.4 Å². The van der Waals surface area contributed by atoms with Crippen LogP contribution in [0, 0.1) is 6.92 Å². The SMILES string of the molecule is CCOc1ccc(NC(=O)c2cc3nc(C)cc(C(F)(F)C(F)(F)F)n3n2)cc1. The van der Waals surface area contributed by atoms with Crippen LogP contribution >= 0.6 is 0 Å². The lowest BCUT2D eigenvalue weighted by Crippen LogP contribution is -2.36. The van der Waals surface area contributed by atoms with Crippen molar-refractivity contribution in [1.82, 2.24) is 14.6 Å². The zero-order valence-electron chi connectivity index (χ0n) is 15.2. The highest BCUT2D eigenvalue weighted by atomic mass is 19.4. The van der Waals surface area contributed by atoms with E-state index < -0.39 is 23.7 Å². The van der Waals surface area contributed by atoms with Crippen molar-refractivity contribution in [3.05, 3.63) is 53.5 Å². The average molecular weight is 414 g/mol. The highest BCUT2D eigenvalue weighted by molar-refractivity contribution is 6.03. The van der Waals surface area contributed by atoms with E-state index in [1.54, 1.807) is 24.3 Å². The van der Waals surface area contributed by atoms with Crippen LogP contribution in [-0.4, -0.2) is 33.3 Å². The van der Waals surface area contributed by atoms with Crippen molar-refractivity contribution in [3.63, 3.8) is 0 Å². The van der Waals surface area contributed by atoms with Crippen LogP contribution < -0.4 is 10.1 Å². The van der Waals surface area contributed by atoms with Crippen molar-refractivity contribution in [2.75, 3.05) is 11.9 Å². The molecule has 3 rings (SSSR count). The van der Waals surface area contributed by atoms with Crippen molar-refractivity contribution in [3.8, 4) is 5.75 Å². The Bertz CT molecular complexity index is 1040. The summed E-state index contributed by atoms with van der Waals surface area (Å²) in [5.41, 5.74) is -1.81. The number of carbonyl (C=O) groups is 1. The van der Waals surface area contributed by atoms with E-state index in [2.05, 4.69) is 15.4 Å². The van der Waals surface area contributed by atoms with E-state index in [4.69, 9.17) is 4.74 Å². The molecule has 2 aromatic heterocycles. The first-order chi connectivity index (χ1) is 13.5. The number of nitrogens with one attached hydrogen (secondary N) is 1. The average Bonchev–Trinajstić information content (AvgIpc) is 3.05. The van der Waals surface area contributed by atoms with Crippen LogP contribution in [0.25, 0.3) is 5.65 Å². The first-order valence-electron chi connectivity index (χ1n) is 8.39. The number of anilines is 1. The van der Waals surface area contributed by atoms with E-state index in [-0.39, 0.29) is 17.0 Å². The number of alkyl halides is 5. The quantitative estimate of drug-likeness (QED) is 0.631. The minimum atomic E-state index is -5.83. The second kappa shape index (κ2) is 7.30. The van der Waals surface area contributed by atoms with E-state index in [0.29, 0.717) is 28.6 Å². The molecule has 1 amide bonds. The van der Waals surface area contributed by atoms with Gasteiger partial charge in [-0.2, -0.15) is 27.1 Å². The van der Waals surface area contributed by atoms with Crippen LogP contribution in [-0.2, 0) is 5.92 Å². The van der Waals surface area contributed by atoms with Crippen LogP contribution in [0.3, 0.4) is 0 Å². The molecule has 0 saturated heterocycles. The number of rotatable bonds is 5. The van der Waals surface area contributed by atoms with Crippen LogP contribution in [0.2, 0.25) is 0 Å². The topological polar surface area (TPSA) is 68.5 Å². The van der Waals surface area contributed by atoms with Gasteiger partial charge in [-0.25, -0.2) is 9.50 Å². The third-order valence-corrected chi connectivity index (χ3v) is 3.89. The maximum Gasteiger partial charge on any atom is 0.459 e. The highest BCUT2D eigenvalue weighted by Crippen LogP contribution is 2.43. The van der Waals surface area contributed by atoms with Gasteiger partial charge in [-0.15, -0.1) is 0 Å². The fraction of sp³-hybridized carbons (Fsp3) is 0.278. The maximum absolute atomic E-state index is 13.9. The summed E-state index contributed by atoms with van der Waals surface area (Å²) in [5.74, 6) is -5.39. The number of ether oxygens (including phenoxy) is 1. The molecule has 0 aliphatic rings. The number of aryl methyl sites for hydroxylation is 1. The molecule has 29 heavy (non-hydrogen) atoms. The zero-order chi connectivity index (χ0) is 21.4. The van der Waals surface area contributed by atoms with Crippen molar-refractivity contribution in [1.29, 1.82) is 0 Å². The van der Waals surface area contributed by atoms with Gasteiger partial charge in [0.25, 0.3) is 5.91 Å². The van der Waals surface area contributed by atoms with Gasteiger partial charge in [0.05, 0.1) is 6.61 Å². The maximum atomic E-state index is 13.9. The summed E-state index contributed by atoms with van der Waals surface area (Å²) >= 11 is 0. The number of nitrogens with zero attached hydrogens (tertiary/aromatic N) is 3. The zero-order valence-corrected chi connectivity index (χ0v) is 15.2. The van der Waals surface area contributed by atoms with Gasteiger partial charge in [0.2, 0.25) is 0 Å². The molecule has 0 aliphatic heterocycles. The summed E-state index contributed by atoms with van der Waals surface area (Å²) in [7, 11) is 0. The lowest BCUT2D eigenvalue weighted by atomic mass is 10.2. The highest BCUT2D eigenvalue weighted by Gasteiger charge is 2.60.